The number of amides is 2. The molecule has 0 fully saturated rings. The molecule has 3 aromatic carbocycles. The van der Waals surface area contributed by atoms with Crippen molar-refractivity contribution in [2.24, 2.45) is 0 Å². The summed E-state index contributed by atoms with van der Waals surface area (Å²) >= 11 is 0. The van der Waals surface area contributed by atoms with Crippen molar-refractivity contribution in [2.75, 3.05) is 5.32 Å². The summed E-state index contributed by atoms with van der Waals surface area (Å²) < 4.78 is 2.21. The first-order valence-corrected chi connectivity index (χ1v) is 10.6. The lowest BCUT2D eigenvalue weighted by Crippen LogP contribution is -2.38. The minimum atomic E-state index is -0.202. The van der Waals surface area contributed by atoms with Crippen molar-refractivity contribution in [1.29, 1.82) is 0 Å². The Bertz CT molecular complexity index is 1260. The zero-order valence-corrected chi connectivity index (χ0v) is 17.7. The Hall–Kier alpha value is -3.79. The first-order valence-electron chi connectivity index (χ1n) is 10.6. The van der Waals surface area contributed by atoms with Gasteiger partial charge in [0.05, 0.1) is 18.3 Å². The molecule has 2 heterocycles. The highest BCUT2D eigenvalue weighted by Crippen LogP contribution is 2.37. The van der Waals surface area contributed by atoms with Gasteiger partial charge in [0.15, 0.2) is 0 Å². The molecule has 1 aliphatic rings. The molecule has 1 N–H and O–H groups in total. The van der Waals surface area contributed by atoms with Gasteiger partial charge in [-0.3, -0.25) is 0 Å². The van der Waals surface area contributed by atoms with Gasteiger partial charge < -0.3 is 14.8 Å². The lowest BCUT2D eigenvalue weighted by Gasteiger charge is -2.31. The number of urea groups is 1. The summed E-state index contributed by atoms with van der Waals surface area (Å²) in [5.74, 6) is 0. The molecule has 31 heavy (non-hydrogen) atoms. The van der Waals surface area contributed by atoms with Gasteiger partial charge in [0.1, 0.15) is 0 Å². The largest absolute Gasteiger partial charge is 0.322 e. The van der Waals surface area contributed by atoms with E-state index in [1.54, 1.807) is 0 Å². The molecule has 5 rings (SSSR count). The quantitative estimate of drug-likeness (QED) is 0.420. The second-order valence-electron chi connectivity index (χ2n) is 8.18. The molecule has 1 atom stereocenters. The van der Waals surface area contributed by atoms with Crippen LogP contribution in [0, 0.1) is 13.8 Å². The van der Waals surface area contributed by atoms with E-state index in [0.717, 1.165) is 33.8 Å². The summed E-state index contributed by atoms with van der Waals surface area (Å²) in [6.45, 7) is 4.64. The molecule has 4 heteroatoms. The fourth-order valence-corrected chi connectivity index (χ4v) is 4.45. The molecule has 1 aromatic heterocycles. The van der Waals surface area contributed by atoms with Crippen molar-refractivity contribution in [2.45, 2.75) is 26.4 Å². The van der Waals surface area contributed by atoms with Crippen LogP contribution in [0.3, 0.4) is 0 Å². The average molecular weight is 408 g/mol. The predicted molar refractivity (Wildman–Crippen MR) is 125 cm³/mol. The maximum atomic E-state index is 13.6. The standard InChI is InChI=1S/C27H25N3O/c1-19-8-5-11-21(16-19)26-25-14-7-15-29(25)24-13-4-3-10-22(24)18-30(26)27(31)28-23-12-6-9-20(2)17-23/h3-17,26H,18H2,1-2H3,(H,28,31). The van der Waals surface area contributed by atoms with Crippen LogP contribution in [0.25, 0.3) is 5.69 Å². The van der Waals surface area contributed by atoms with Gasteiger partial charge >= 0.3 is 6.03 Å². The Morgan fingerprint density at radius 1 is 0.871 bits per heavy atom. The molecular weight excluding hydrogens is 382 g/mol. The van der Waals surface area contributed by atoms with Crippen LogP contribution in [0.2, 0.25) is 0 Å². The Kier molecular flexibility index (Phi) is 4.83. The number of benzene rings is 3. The summed E-state index contributed by atoms with van der Waals surface area (Å²) in [6, 6.07) is 28.5. The number of rotatable bonds is 2. The topological polar surface area (TPSA) is 37.3 Å². The average Bonchev–Trinajstić information content (AvgIpc) is 3.18. The minimum absolute atomic E-state index is 0.110. The van der Waals surface area contributed by atoms with Gasteiger partial charge in [-0.05, 0) is 60.9 Å². The van der Waals surface area contributed by atoms with Crippen molar-refractivity contribution < 1.29 is 4.79 Å². The van der Waals surface area contributed by atoms with Crippen LogP contribution >= 0.6 is 0 Å². The summed E-state index contributed by atoms with van der Waals surface area (Å²) in [7, 11) is 0. The normalized spacial score (nSPS) is 15.0. The van der Waals surface area contributed by atoms with E-state index in [4.69, 9.17) is 0 Å². The second kappa shape index (κ2) is 7.80. The maximum absolute atomic E-state index is 13.6. The third kappa shape index (κ3) is 3.61. The number of nitrogens with zero attached hydrogens (tertiary/aromatic N) is 2. The van der Waals surface area contributed by atoms with Crippen molar-refractivity contribution in [3.05, 3.63) is 119 Å². The van der Waals surface area contributed by atoms with Gasteiger partial charge in [-0.2, -0.15) is 0 Å². The Morgan fingerprint density at radius 2 is 1.65 bits per heavy atom. The molecule has 4 aromatic rings. The monoisotopic (exact) mass is 407 g/mol. The van der Waals surface area contributed by atoms with E-state index in [9.17, 15) is 4.79 Å². The summed E-state index contributed by atoms with van der Waals surface area (Å²) in [4.78, 5) is 15.6. The number of hydrogen-bond donors (Lipinski definition) is 1. The molecule has 1 unspecified atom stereocenters. The molecule has 0 aliphatic carbocycles. The van der Waals surface area contributed by atoms with Crippen LogP contribution < -0.4 is 5.32 Å². The predicted octanol–water partition coefficient (Wildman–Crippen LogP) is 6.23. The minimum Gasteiger partial charge on any atom is -0.318 e. The van der Waals surface area contributed by atoms with Crippen LogP contribution in [0.1, 0.15) is 34.0 Å². The molecule has 2 amide bonds. The van der Waals surface area contributed by atoms with Crippen LogP contribution in [-0.2, 0) is 6.54 Å². The Labute approximate surface area is 182 Å². The van der Waals surface area contributed by atoms with Crippen LogP contribution in [0.5, 0.6) is 0 Å². The van der Waals surface area contributed by atoms with Crippen LogP contribution in [0.15, 0.2) is 91.1 Å². The number of nitrogens with one attached hydrogen (secondary N) is 1. The van der Waals surface area contributed by atoms with Crippen LogP contribution in [0.4, 0.5) is 10.5 Å². The summed E-state index contributed by atoms with van der Waals surface area (Å²) in [6.07, 6.45) is 2.08. The van der Waals surface area contributed by atoms with Crippen molar-refractivity contribution in [3.8, 4) is 5.69 Å². The van der Waals surface area contributed by atoms with Crippen LogP contribution in [-0.4, -0.2) is 15.5 Å². The molecule has 0 saturated heterocycles. The van der Waals surface area contributed by atoms with Crippen molar-refractivity contribution in [3.63, 3.8) is 0 Å². The van der Waals surface area contributed by atoms with E-state index < -0.39 is 0 Å². The summed E-state index contributed by atoms with van der Waals surface area (Å²) in [5, 5.41) is 3.13. The molecule has 0 bridgehead atoms. The molecule has 0 spiro atoms. The number of aryl methyl sites for hydroxylation is 2. The van der Waals surface area contributed by atoms with Gasteiger partial charge in [0.25, 0.3) is 0 Å². The highest BCUT2D eigenvalue weighted by Gasteiger charge is 2.33. The Balaban J connectivity index is 1.64. The molecule has 154 valence electrons. The van der Waals surface area contributed by atoms with E-state index in [1.807, 2.05) is 48.2 Å². The lowest BCUT2D eigenvalue weighted by atomic mass is 10.00. The number of fused-ring (bicyclic) bond motifs is 3. The number of carbonyl (C=O) groups is 1. The molecular formula is C27H25N3O. The number of hydrogen-bond acceptors (Lipinski definition) is 1. The number of carbonyl (C=O) groups excluding carboxylic acids is 1. The van der Waals surface area contributed by atoms with Gasteiger partial charge in [0.2, 0.25) is 0 Å². The Morgan fingerprint density at radius 3 is 2.45 bits per heavy atom. The van der Waals surface area contributed by atoms with E-state index in [-0.39, 0.29) is 12.1 Å². The number of anilines is 1. The van der Waals surface area contributed by atoms with Crippen molar-refractivity contribution in [1.82, 2.24) is 9.47 Å². The number of aromatic nitrogens is 1. The fourth-order valence-electron chi connectivity index (χ4n) is 4.45. The van der Waals surface area contributed by atoms with Crippen molar-refractivity contribution >= 4 is 11.7 Å². The fraction of sp³-hybridized carbons (Fsp3) is 0.148. The highest BCUT2D eigenvalue weighted by molar-refractivity contribution is 5.90. The van der Waals surface area contributed by atoms with E-state index in [2.05, 4.69) is 71.5 Å². The second-order valence-corrected chi connectivity index (χ2v) is 8.18. The van der Waals surface area contributed by atoms with E-state index >= 15 is 0 Å². The van der Waals surface area contributed by atoms with Gasteiger partial charge in [-0.25, -0.2) is 4.79 Å². The maximum Gasteiger partial charge on any atom is 0.322 e. The summed E-state index contributed by atoms with van der Waals surface area (Å²) in [5.41, 5.74) is 7.52. The number of para-hydroxylation sites is 1. The highest BCUT2D eigenvalue weighted by atomic mass is 16.2. The first-order chi connectivity index (χ1) is 15.1. The zero-order chi connectivity index (χ0) is 21.4. The molecule has 1 aliphatic heterocycles. The first kappa shape index (κ1) is 19.2. The van der Waals surface area contributed by atoms with Gasteiger partial charge in [-0.1, -0.05) is 60.2 Å². The van der Waals surface area contributed by atoms with Gasteiger partial charge in [-0.15, -0.1) is 0 Å². The van der Waals surface area contributed by atoms with Gasteiger partial charge in [0, 0.05) is 17.6 Å². The smallest absolute Gasteiger partial charge is 0.318 e. The SMILES string of the molecule is Cc1cccc(NC(=O)N2Cc3ccccc3-n3cccc3C2c2cccc(C)c2)c1. The third-order valence-electron chi connectivity index (χ3n) is 5.85. The third-order valence-corrected chi connectivity index (χ3v) is 5.85. The zero-order valence-electron chi connectivity index (χ0n) is 17.7. The molecule has 0 saturated carbocycles. The molecule has 0 radical (unpaired) electrons. The lowest BCUT2D eigenvalue weighted by molar-refractivity contribution is 0.194. The van der Waals surface area contributed by atoms with E-state index in [0.29, 0.717) is 6.54 Å². The van der Waals surface area contributed by atoms with E-state index in [1.165, 1.54) is 5.56 Å². The molecule has 4 nitrogen and oxygen atoms in total.